The molecule has 0 radical (unpaired) electrons. The van der Waals surface area contributed by atoms with Crippen LogP contribution in [0, 0.1) is 10.1 Å². The number of furan rings is 1. The molecule has 0 aliphatic carbocycles. The first-order valence-corrected chi connectivity index (χ1v) is 6.99. The average Bonchev–Trinajstić information content (AvgIpc) is 3.00. The van der Waals surface area contributed by atoms with E-state index in [0.29, 0.717) is 11.5 Å². The number of piperidine rings is 1. The van der Waals surface area contributed by atoms with E-state index in [9.17, 15) is 10.1 Å². The zero-order valence-electron chi connectivity index (χ0n) is 12.1. The van der Waals surface area contributed by atoms with Crippen LogP contribution in [0.25, 0.3) is 11.6 Å². The zero-order chi connectivity index (χ0) is 15.5. The molecule has 3 heterocycles. The maximum absolute atomic E-state index is 10.6. The highest BCUT2D eigenvalue weighted by atomic mass is 16.6. The Morgan fingerprint density at radius 2 is 2.09 bits per heavy atom. The minimum absolute atomic E-state index is 0.265. The van der Waals surface area contributed by atoms with Gasteiger partial charge in [0.2, 0.25) is 0 Å². The Morgan fingerprint density at radius 1 is 1.32 bits per heavy atom. The molecule has 2 aromatic heterocycles. The molecule has 1 fully saturated rings. The topological polar surface area (TPSA) is 97.7 Å². The second-order valence-corrected chi connectivity index (χ2v) is 5.07. The lowest BCUT2D eigenvalue weighted by atomic mass is 10.1. The number of amidine groups is 1. The van der Waals surface area contributed by atoms with Crippen LogP contribution in [-0.4, -0.2) is 39.2 Å². The van der Waals surface area contributed by atoms with Crippen LogP contribution >= 0.6 is 0 Å². The van der Waals surface area contributed by atoms with Crippen molar-refractivity contribution in [2.24, 2.45) is 4.99 Å². The number of hydrogen-bond donors (Lipinski definition) is 0. The second-order valence-electron chi connectivity index (χ2n) is 5.07. The Kier molecular flexibility index (Phi) is 3.82. The normalized spacial score (nSPS) is 17.0. The number of aromatic nitrogens is 2. The molecule has 0 spiro atoms. The third-order valence-electron chi connectivity index (χ3n) is 3.47. The van der Waals surface area contributed by atoms with Gasteiger partial charge in [-0.25, -0.2) is 15.0 Å². The Labute approximate surface area is 126 Å². The van der Waals surface area contributed by atoms with E-state index in [-0.39, 0.29) is 11.6 Å². The van der Waals surface area contributed by atoms with E-state index in [4.69, 9.17) is 4.42 Å². The molecule has 3 rings (SSSR count). The molecule has 8 nitrogen and oxygen atoms in total. The van der Waals surface area contributed by atoms with Crippen molar-refractivity contribution in [3.63, 3.8) is 0 Å². The molecule has 0 atom stereocenters. The molecule has 1 aliphatic heterocycles. The van der Waals surface area contributed by atoms with Crippen LogP contribution < -0.4 is 0 Å². The summed E-state index contributed by atoms with van der Waals surface area (Å²) in [6.45, 7) is 1.01. The predicted molar refractivity (Wildman–Crippen MR) is 80.0 cm³/mol. The smallest absolute Gasteiger partial charge is 0.397 e. The number of likely N-dealkylation sites (tertiary alicyclic amines) is 1. The van der Waals surface area contributed by atoms with Gasteiger partial charge >= 0.3 is 5.88 Å². The Morgan fingerprint density at radius 3 is 2.73 bits per heavy atom. The fourth-order valence-electron chi connectivity index (χ4n) is 2.29. The first-order valence-electron chi connectivity index (χ1n) is 6.99. The van der Waals surface area contributed by atoms with Crippen LogP contribution in [0.1, 0.15) is 19.3 Å². The fourth-order valence-corrected chi connectivity index (χ4v) is 2.29. The van der Waals surface area contributed by atoms with Gasteiger partial charge in [-0.2, -0.15) is 0 Å². The summed E-state index contributed by atoms with van der Waals surface area (Å²) in [5.41, 5.74) is 0.661. The van der Waals surface area contributed by atoms with Crippen LogP contribution in [0.2, 0.25) is 0 Å². The quantitative estimate of drug-likeness (QED) is 0.638. The molecule has 0 saturated carbocycles. The van der Waals surface area contributed by atoms with Crippen LogP contribution in [0.5, 0.6) is 0 Å². The molecule has 22 heavy (non-hydrogen) atoms. The molecule has 2 aromatic rings. The molecule has 0 bridgehead atoms. The minimum atomic E-state index is -0.594. The lowest BCUT2D eigenvalue weighted by Crippen LogP contribution is -2.31. The van der Waals surface area contributed by atoms with Crippen molar-refractivity contribution in [2.75, 3.05) is 13.6 Å². The number of nitro groups is 1. The number of hydrogen-bond acceptors (Lipinski definition) is 6. The molecule has 1 aliphatic rings. The molecule has 1 saturated heterocycles. The summed E-state index contributed by atoms with van der Waals surface area (Å²) in [6, 6.07) is 2.76. The third-order valence-corrected chi connectivity index (χ3v) is 3.47. The zero-order valence-corrected chi connectivity index (χ0v) is 12.1. The van der Waals surface area contributed by atoms with Crippen molar-refractivity contribution in [1.82, 2.24) is 14.9 Å². The predicted octanol–water partition coefficient (Wildman–Crippen LogP) is 2.79. The molecule has 8 heteroatoms. The van der Waals surface area contributed by atoms with Gasteiger partial charge in [0.05, 0.1) is 18.5 Å². The van der Waals surface area contributed by atoms with Crippen LogP contribution in [0.15, 0.2) is 33.9 Å². The highest BCUT2D eigenvalue weighted by molar-refractivity contribution is 5.85. The maximum atomic E-state index is 10.6. The maximum Gasteiger partial charge on any atom is 0.433 e. The minimum Gasteiger partial charge on any atom is -0.397 e. The van der Waals surface area contributed by atoms with Gasteiger partial charge in [0.15, 0.2) is 11.6 Å². The van der Waals surface area contributed by atoms with E-state index in [2.05, 4.69) is 19.9 Å². The van der Waals surface area contributed by atoms with Crippen LogP contribution in [0.3, 0.4) is 0 Å². The summed E-state index contributed by atoms with van der Waals surface area (Å²) in [5.74, 6) is 1.26. The molecule has 0 unspecified atom stereocenters. The van der Waals surface area contributed by atoms with Gasteiger partial charge in [-0.1, -0.05) is 0 Å². The first kappa shape index (κ1) is 14.2. The van der Waals surface area contributed by atoms with Crippen molar-refractivity contribution in [2.45, 2.75) is 19.3 Å². The van der Waals surface area contributed by atoms with Gasteiger partial charge in [-0.15, -0.1) is 0 Å². The number of aliphatic imine (C=N–C) groups is 1. The lowest BCUT2D eigenvalue weighted by molar-refractivity contribution is -0.401. The SMILES string of the molecule is CN1CCCCC1=Nc1cnc(-c2ccc([N+](=O)[O-])o2)nc1. The second kappa shape index (κ2) is 5.92. The van der Waals surface area contributed by atoms with Gasteiger partial charge in [-0.05, 0) is 18.9 Å². The Hall–Kier alpha value is -2.77. The summed E-state index contributed by atoms with van der Waals surface area (Å²) < 4.78 is 5.07. The van der Waals surface area contributed by atoms with Gasteiger partial charge in [0, 0.05) is 20.0 Å². The molecular weight excluding hydrogens is 286 g/mol. The van der Waals surface area contributed by atoms with E-state index >= 15 is 0 Å². The highest BCUT2D eigenvalue weighted by Gasteiger charge is 2.15. The summed E-state index contributed by atoms with van der Waals surface area (Å²) >= 11 is 0. The molecule has 114 valence electrons. The summed E-state index contributed by atoms with van der Waals surface area (Å²) in [6.07, 6.45) is 6.45. The van der Waals surface area contributed by atoms with Gasteiger partial charge in [0.1, 0.15) is 16.4 Å². The van der Waals surface area contributed by atoms with Crippen molar-refractivity contribution in [3.8, 4) is 11.6 Å². The van der Waals surface area contributed by atoms with E-state index in [1.165, 1.54) is 18.6 Å². The van der Waals surface area contributed by atoms with Crippen molar-refractivity contribution >= 4 is 17.4 Å². The van der Waals surface area contributed by atoms with Crippen molar-refractivity contribution in [1.29, 1.82) is 0 Å². The molecule has 0 N–H and O–H groups in total. The van der Waals surface area contributed by atoms with E-state index in [1.54, 1.807) is 12.4 Å². The monoisotopic (exact) mass is 301 g/mol. The first-order chi connectivity index (χ1) is 10.6. The fraction of sp³-hybridized carbons (Fsp3) is 0.357. The van der Waals surface area contributed by atoms with E-state index < -0.39 is 4.92 Å². The summed E-state index contributed by atoms with van der Waals surface area (Å²) in [7, 11) is 2.02. The molecule has 0 amide bonds. The third kappa shape index (κ3) is 2.95. The standard InChI is InChI=1S/C14H15N5O3/c1-18-7-3-2-4-12(18)17-10-8-15-14(16-9-10)11-5-6-13(22-11)19(20)21/h5-6,8-9H,2-4,7H2,1H3. The molecular formula is C14H15N5O3. The number of rotatable bonds is 3. The summed E-state index contributed by atoms with van der Waals surface area (Å²) in [5, 5.41) is 10.6. The number of nitrogens with zero attached hydrogens (tertiary/aromatic N) is 5. The van der Waals surface area contributed by atoms with Crippen molar-refractivity contribution < 1.29 is 9.34 Å². The van der Waals surface area contributed by atoms with Gasteiger partial charge in [-0.3, -0.25) is 10.1 Å². The van der Waals surface area contributed by atoms with Gasteiger partial charge in [0.25, 0.3) is 0 Å². The Bertz CT molecular complexity index is 708. The summed E-state index contributed by atoms with van der Waals surface area (Å²) in [4.78, 5) is 25.0. The van der Waals surface area contributed by atoms with Gasteiger partial charge < -0.3 is 9.32 Å². The van der Waals surface area contributed by atoms with E-state index in [1.807, 2.05) is 7.05 Å². The van der Waals surface area contributed by atoms with Crippen LogP contribution in [0.4, 0.5) is 11.6 Å². The lowest BCUT2D eigenvalue weighted by Gasteiger charge is -2.25. The largest absolute Gasteiger partial charge is 0.433 e. The Balaban J connectivity index is 1.80. The van der Waals surface area contributed by atoms with Crippen LogP contribution in [-0.2, 0) is 0 Å². The average molecular weight is 301 g/mol. The van der Waals surface area contributed by atoms with Crippen molar-refractivity contribution in [3.05, 3.63) is 34.6 Å². The highest BCUT2D eigenvalue weighted by Crippen LogP contribution is 2.24. The van der Waals surface area contributed by atoms with E-state index in [0.717, 1.165) is 25.2 Å². The molecule has 0 aromatic carbocycles.